The fourth-order valence-electron chi connectivity index (χ4n) is 3.37. The number of hydrogen-bond donors (Lipinski definition) is 2. The Hall–Kier alpha value is -2.40. The first-order valence-corrected chi connectivity index (χ1v) is 11.2. The number of nitrogens with one attached hydrogen (secondary N) is 1. The van der Waals surface area contributed by atoms with Gasteiger partial charge in [0.1, 0.15) is 5.76 Å². The van der Waals surface area contributed by atoms with Gasteiger partial charge in [-0.3, -0.25) is 4.79 Å². The second-order valence-electron chi connectivity index (χ2n) is 6.97. The minimum absolute atomic E-state index is 0.0511. The van der Waals surface area contributed by atoms with Gasteiger partial charge < -0.3 is 10.4 Å². The Kier molecular flexibility index (Phi) is 6.38. The van der Waals surface area contributed by atoms with Crippen molar-refractivity contribution in [2.75, 3.05) is 11.1 Å². The van der Waals surface area contributed by atoms with Crippen LogP contribution in [-0.2, 0) is 17.6 Å². The zero-order chi connectivity index (χ0) is 21.1. The number of fused-ring (bicyclic) bond motifs is 1. The summed E-state index contributed by atoms with van der Waals surface area (Å²) in [4.78, 5) is 13.9. The van der Waals surface area contributed by atoms with Crippen LogP contribution in [0.2, 0.25) is 10.0 Å². The number of carbonyl (C=O) groups is 1. The highest BCUT2D eigenvalue weighted by Crippen LogP contribution is 2.36. The number of aryl methyl sites for hydroxylation is 2. The van der Waals surface area contributed by atoms with E-state index in [0.717, 1.165) is 34.6 Å². The summed E-state index contributed by atoms with van der Waals surface area (Å²) in [5, 5.41) is 14.7. The molecule has 0 radical (unpaired) electrons. The fourth-order valence-corrected chi connectivity index (χ4v) is 4.76. The zero-order valence-electron chi connectivity index (χ0n) is 16.0. The predicted octanol–water partition coefficient (Wildman–Crippen LogP) is 6.79. The first kappa shape index (κ1) is 20.9. The molecular formula is C24H19Cl2NO2S. The number of aliphatic hydroxyl groups excluding tert-OH is 1. The lowest BCUT2D eigenvalue weighted by Gasteiger charge is -2.19. The van der Waals surface area contributed by atoms with Gasteiger partial charge in [0.2, 0.25) is 0 Å². The third-order valence-electron chi connectivity index (χ3n) is 5.01. The van der Waals surface area contributed by atoms with Gasteiger partial charge in [0, 0.05) is 21.9 Å². The largest absolute Gasteiger partial charge is 0.507 e. The number of amides is 1. The molecule has 152 valence electrons. The molecule has 0 bridgehead atoms. The maximum absolute atomic E-state index is 12.9. The topological polar surface area (TPSA) is 49.3 Å². The van der Waals surface area contributed by atoms with Crippen molar-refractivity contribution in [2.45, 2.75) is 17.7 Å². The molecule has 3 aromatic carbocycles. The van der Waals surface area contributed by atoms with Crippen LogP contribution in [-0.4, -0.2) is 16.8 Å². The number of carbonyl (C=O) groups excluding carboxylic acids is 1. The number of rotatable bonds is 5. The Bertz CT molecular complexity index is 1140. The van der Waals surface area contributed by atoms with Gasteiger partial charge in [-0.2, -0.15) is 0 Å². The molecule has 0 saturated carbocycles. The van der Waals surface area contributed by atoms with Gasteiger partial charge in [0.15, 0.2) is 0 Å². The van der Waals surface area contributed by atoms with Crippen molar-refractivity contribution < 1.29 is 9.90 Å². The summed E-state index contributed by atoms with van der Waals surface area (Å²) in [6.07, 6.45) is 1.50. The number of hydrogen-bond acceptors (Lipinski definition) is 3. The molecule has 30 heavy (non-hydrogen) atoms. The van der Waals surface area contributed by atoms with E-state index < -0.39 is 0 Å². The Labute approximate surface area is 189 Å². The maximum Gasteiger partial charge on any atom is 0.256 e. The average Bonchev–Trinajstić information content (AvgIpc) is 2.76. The summed E-state index contributed by atoms with van der Waals surface area (Å²) in [6.45, 7) is 0. The molecule has 1 aliphatic rings. The number of aliphatic hydroxyl groups is 1. The molecular weight excluding hydrogens is 437 g/mol. The molecule has 4 rings (SSSR count). The van der Waals surface area contributed by atoms with E-state index >= 15 is 0 Å². The highest BCUT2D eigenvalue weighted by molar-refractivity contribution is 7.99. The number of thioether (sulfide) groups is 1. The lowest BCUT2D eigenvalue weighted by atomic mass is 10.0. The van der Waals surface area contributed by atoms with Gasteiger partial charge in [-0.15, -0.1) is 11.8 Å². The molecule has 6 heteroatoms. The quantitative estimate of drug-likeness (QED) is 0.444. The summed E-state index contributed by atoms with van der Waals surface area (Å²) >= 11 is 13.7. The molecule has 0 unspecified atom stereocenters. The van der Waals surface area contributed by atoms with Crippen LogP contribution in [0.1, 0.15) is 16.7 Å². The van der Waals surface area contributed by atoms with Gasteiger partial charge in [0.25, 0.3) is 5.91 Å². The molecule has 0 aromatic heterocycles. The van der Waals surface area contributed by atoms with Crippen LogP contribution in [0.4, 0.5) is 5.69 Å². The third kappa shape index (κ3) is 4.51. The second kappa shape index (κ2) is 9.17. The van der Waals surface area contributed by atoms with E-state index in [1.54, 1.807) is 17.8 Å². The van der Waals surface area contributed by atoms with Crippen LogP contribution in [0.15, 0.2) is 77.2 Å². The van der Waals surface area contributed by atoms with Crippen molar-refractivity contribution in [1.82, 2.24) is 0 Å². The Morgan fingerprint density at radius 1 is 0.967 bits per heavy atom. The van der Waals surface area contributed by atoms with Crippen LogP contribution >= 0.6 is 35.0 Å². The molecule has 1 amide bonds. The predicted molar refractivity (Wildman–Crippen MR) is 126 cm³/mol. The molecule has 0 spiro atoms. The van der Waals surface area contributed by atoms with Gasteiger partial charge in [-0.05, 0) is 48.2 Å². The summed E-state index contributed by atoms with van der Waals surface area (Å²) in [7, 11) is 0. The van der Waals surface area contributed by atoms with Crippen LogP contribution in [0, 0.1) is 0 Å². The molecule has 0 fully saturated rings. The summed E-state index contributed by atoms with van der Waals surface area (Å²) in [6, 6.07) is 20.9. The molecule has 3 nitrogen and oxygen atoms in total. The van der Waals surface area contributed by atoms with E-state index in [1.807, 2.05) is 60.7 Å². The maximum atomic E-state index is 12.9. The minimum Gasteiger partial charge on any atom is -0.507 e. The van der Waals surface area contributed by atoms with E-state index in [4.69, 9.17) is 23.2 Å². The van der Waals surface area contributed by atoms with Crippen LogP contribution in [0.3, 0.4) is 0 Å². The standard InChI is InChI=1S/C24H19Cl2NO2S/c25-19-12-10-15(13-20(19)26)9-11-16-5-1-3-7-21(16)27-24(29)18-14-30-22-8-4-2-6-17(22)23(18)28/h1-8,10,12-13,28H,9,11,14H2,(H,27,29). The van der Waals surface area contributed by atoms with Gasteiger partial charge in [0.05, 0.1) is 15.6 Å². The Morgan fingerprint density at radius 2 is 1.73 bits per heavy atom. The van der Waals surface area contributed by atoms with E-state index in [0.29, 0.717) is 26.9 Å². The number of anilines is 1. The first-order valence-electron chi connectivity index (χ1n) is 9.50. The van der Waals surface area contributed by atoms with Crippen LogP contribution < -0.4 is 5.32 Å². The van der Waals surface area contributed by atoms with E-state index in [-0.39, 0.29) is 11.7 Å². The molecule has 2 N–H and O–H groups in total. The SMILES string of the molecule is O=C(Nc1ccccc1CCc1ccc(Cl)c(Cl)c1)C1=C(O)c2ccccc2SC1. The average molecular weight is 456 g/mol. The monoisotopic (exact) mass is 455 g/mol. The third-order valence-corrected chi connectivity index (χ3v) is 6.85. The second-order valence-corrected chi connectivity index (χ2v) is 8.80. The van der Waals surface area contributed by atoms with Crippen LogP contribution in [0.25, 0.3) is 5.76 Å². The zero-order valence-corrected chi connectivity index (χ0v) is 18.3. The highest BCUT2D eigenvalue weighted by Gasteiger charge is 2.24. The van der Waals surface area contributed by atoms with Crippen molar-refractivity contribution in [3.63, 3.8) is 0 Å². The number of para-hydroxylation sites is 1. The van der Waals surface area contributed by atoms with Gasteiger partial charge in [-0.1, -0.05) is 65.7 Å². The van der Waals surface area contributed by atoms with Crippen LogP contribution in [0.5, 0.6) is 0 Å². The summed E-state index contributed by atoms with van der Waals surface area (Å²) in [5.41, 5.74) is 3.92. The van der Waals surface area contributed by atoms with Crippen molar-refractivity contribution in [2.24, 2.45) is 0 Å². The Morgan fingerprint density at radius 3 is 2.57 bits per heavy atom. The van der Waals surface area contributed by atoms with E-state index in [1.165, 1.54) is 0 Å². The highest BCUT2D eigenvalue weighted by atomic mass is 35.5. The van der Waals surface area contributed by atoms with Gasteiger partial charge in [-0.25, -0.2) is 0 Å². The normalized spacial score (nSPS) is 13.1. The minimum atomic E-state index is -0.281. The molecule has 3 aromatic rings. The summed E-state index contributed by atoms with van der Waals surface area (Å²) in [5.74, 6) is 0.201. The fraction of sp³-hybridized carbons (Fsp3) is 0.125. The van der Waals surface area contributed by atoms with E-state index in [2.05, 4.69) is 5.32 Å². The first-order chi connectivity index (χ1) is 14.5. The number of benzene rings is 3. The smallest absolute Gasteiger partial charge is 0.256 e. The molecule has 1 heterocycles. The van der Waals surface area contributed by atoms with E-state index in [9.17, 15) is 9.90 Å². The lowest BCUT2D eigenvalue weighted by molar-refractivity contribution is -0.112. The van der Waals surface area contributed by atoms with Crippen molar-refractivity contribution in [3.05, 3.63) is 99.0 Å². The molecule has 0 aliphatic carbocycles. The van der Waals surface area contributed by atoms with Crippen molar-refractivity contribution in [3.8, 4) is 0 Å². The van der Waals surface area contributed by atoms with Gasteiger partial charge >= 0.3 is 0 Å². The van der Waals surface area contributed by atoms with Crippen molar-refractivity contribution >= 4 is 52.3 Å². The summed E-state index contributed by atoms with van der Waals surface area (Å²) < 4.78 is 0. The lowest BCUT2D eigenvalue weighted by Crippen LogP contribution is -2.20. The number of halogens is 2. The molecule has 0 saturated heterocycles. The molecule has 1 aliphatic heterocycles. The molecule has 0 atom stereocenters. The van der Waals surface area contributed by atoms with Crippen molar-refractivity contribution in [1.29, 1.82) is 0 Å². The Balaban J connectivity index is 1.51.